The number of benzene rings is 2. The molecular weight excluding hydrogens is 424 g/mol. The first-order valence-corrected chi connectivity index (χ1v) is 11.4. The number of rotatable bonds is 3. The summed E-state index contributed by atoms with van der Waals surface area (Å²) in [5, 5.41) is 1.03. The molecule has 7 nitrogen and oxygen atoms in total. The second-order valence-corrected chi connectivity index (χ2v) is 9.23. The molecule has 7 heteroatoms. The second kappa shape index (κ2) is 8.83. The van der Waals surface area contributed by atoms with Crippen LogP contribution >= 0.6 is 0 Å². The minimum Gasteiger partial charge on any atom is -0.384 e. The molecule has 2 fully saturated rings. The maximum Gasteiger partial charge on any atom is 0.123 e. The van der Waals surface area contributed by atoms with Crippen molar-refractivity contribution in [1.82, 2.24) is 19.9 Å². The summed E-state index contributed by atoms with van der Waals surface area (Å²) in [4.78, 5) is 26.9. The molecule has 2 aliphatic heterocycles. The molecule has 0 saturated carbocycles. The third-order valence-electron chi connectivity index (χ3n) is 6.52. The molecule has 0 aliphatic carbocycles. The molecule has 0 atom stereocenters. The van der Waals surface area contributed by atoms with Gasteiger partial charge in [0.05, 0.1) is 11.2 Å². The Morgan fingerprint density at radius 2 is 1.56 bits per heavy atom. The predicted molar refractivity (Wildman–Crippen MR) is 136 cm³/mol. The van der Waals surface area contributed by atoms with E-state index in [-0.39, 0.29) is 0 Å². The maximum atomic E-state index is 8.81. The highest BCUT2D eigenvalue weighted by atomic mass is 16.1. The summed E-state index contributed by atoms with van der Waals surface area (Å²) in [6.07, 6.45) is 4.12. The number of carbonyl (C=O) groups is 1. The fraction of sp³-hybridized carbons (Fsp3) is 0.259. The van der Waals surface area contributed by atoms with E-state index in [1.54, 1.807) is 12.5 Å². The zero-order valence-corrected chi connectivity index (χ0v) is 19.5. The number of likely N-dealkylation sites (tertiary alicyclic amines) is 1. The highest BCUT2D eigenvalue weighted by Gasteiger charge is 2.50. The number of hydrogen-bond donors (Lipinski definition) is 1. The largest absolute Gasteiger partial charge is 0.384 e. The molecule has 0 radical (unpaired) electrons. The molecule has 0 amide bonds. The van der Waals surface area contributed by atoms with E-state index < -0.39 is 0 Å². The first kappa shape index (κ1) is 22.0. The van der Waals surface area contributed by atoms with Gasteiger partial charge in [0, 0.05) is 54.4 Å². The summed E-state index contributed by atoms with van der Waals surface area (Å²) >= 11 is 0. The first-order chi connectivity index (χ1) is 16.5. The van der Waals surface area contributed by atoms with Crippen LogP contribution in [0.2, 0.25) is 0 Å². The van der Waals surface area contributed by atoms with Crippen LogP contribution in [0.15, 0.2) is 67.1 Å². The number of nitrogens with two attached hydrogens (primary N) is 1. The van der Waals surface area contributed by atoms with Gasteiger partial charge in [-0.3, -0.25) is 0 Å². The maximum absolute atomic E-state index is 8.81. The van der Waals surface area contributed by atoms with Gasteiger partial charge in [-0.05, 0) is 61.5 Å². The number of carbonyl (C=O) groups excluding carboxylic acids is 1. The van der Waals surface area contributed by atoms with Gasteiger partial charge in [-0.15, -0.1) is 0 Å². The topological polar surface area (TPSA) is 88.2 Å². The minimum atomic E-state index is 0.513. The summed E-state index contributed by atoms with van der Waals surface area (Å²) < 4.78 is 0. The average molecular weight is 453 g/mol. The van der Waals surface area contributed by atoms with Crippen molar-refractivity contribution in [3.05, 3.63) is 67.1 Å². The van der Waals surface area contributed by atoms with Crippen LogP contribution in [0.1, 0.15) is 6.92 Å². The van der Waals surface area contributed by atoms with Gasteiger partial charge in [-0.1, -0.05) is 18.2 Å². The number of anilines is 2. The number of fused-ring (bicyclic) bond motifs is 1. The van der Waals surface area contributed by atoms with Crippen LogP contribution < -0.4 is 10.6 Å². The number of nitrogens with zero attached hydrogens (tertiary/aromatic N) is 5. The molecule has 2 aromatic heterocycles. The zero-order valence-electron chi connectivity index (χ0n) is 19.5. The third-order valence-corrected chi connectivity index (χ3v) is 6.52. The standard InChI is InChI=1S/C25H24N6.C2H4O/c1-30-12-25(13-30)14-31(15-25)20-5-2-17(3-6-20)24-21-10-18(4-7-22(21)28-16-29-24)19-8-9-27-23(26)11-19;1-2-3/h2-11,16H,12-15H2,1H3,(H2,26,27);2H,1H3. The van der Waals surface area contributed by atoms with E-state index in [4.69, 9.17) is 10.5 Å². The van der Waals surface area contributed by atoms with Crippen LogP contribution in [0, 0.1) is 5.41 Å². The number of nitrogen functional groups attached to an aromatic ring is 1. The third kappa shape index (κ3) is 4.10. The van der Waals surface area contributed by atoms with Gasteiger partial charge in [0.25, 0.3) is 0 Å². The fourth-order valence-electron chi connectivity index (χ4n) is 5.17. The Morgan fingerprint density at radius 3 is 2.24 bits per heavy atom. The van der Waals surface area contributed by atoms with Crippen LogP contribution in [0.3, 0.4) is 0 Å². The molecule has 2 aromatic carbocycles. The van der Waals surface area contributed by atoms with Crippen LogP contribution in [0.5, 0.6) is 0 Å². The van der Waals surface area contributed by atoms with Gasteiger partial charge in [0.1, 0.15) is 18.4 Å². The van der Waals surface area contributed by atoms with Crippen LogP contribution in [0.4, 0.5) is 11.5 Å². The number of aldehydes is 1. The quantitative estimate of drug-likeness (QED) is 0.472. The smallest absolute Gasteiger partial charge is 0.123 e. The van der Waals surface area contributed by atoms with E-state index >= 15 is 0 Å². The number of hydrogen-bond acceptors (Lipinski definition) is 7. The molecule has 2 saturated heterocycles. The van der Waals surface area contributed by atoms with E-state index in [2.05, 4.69) is 68.2 Å². The Balaban J connectivity index is 0.000000764. The van der Waals surface area contributed by atoms with Gasteiger partial charge in [-0.25, -0.2) is 15.0 Å². The van der Waals surface area contributed by atoms with E-state index in [0.29, 0.717) is 11.2 Å². The van der Waals surface area contributed by atoms with Gasteiger partial charge < -0.3 is 20.3 Å². The van der Waals surface area contributed by atoms with Gasteiger partial charge in [0.15, 0.2) is 0 Å². The van der Waals surface area contributed by atoms with E-state index in [1.807, 2.05) is 18.2 Å². The SMILES string of the molecule is CC=O.CN1CC2(C1)CN(c1ccc(-c3ncnc4ccc(-c5ccnc(N)c5)cc34)cc1)C2. The van der Waals surface area contributed by atoms with Crippen molar-refractivity contribution in [2.24, 2.45) is 5.41 Å². The molecule has 4 aromatic rings. The number of aromatic nitrogens is 3. The Bertz CT molecular complexity index is 1320. The monoisotopic (exact) mass is 452 g/mol. The molecule has 34 heavy (non-hydrogen) atoms. The Morgan fingerprint density at radius 1 is 0.882 bits per heavy atom. The summed E-state index contributed by atoms with van der Waals surface area (Å²) in [6, 6.07) is 18.9. The lowest BCUT2D eigenvalue weighted by molar-refractivity contribution is -0.106. The Labute approximate surface area is 199 Å². The Hall–Kier alpha value is -3.84. The Kier molecular flexibility index (Phi) is 5.71. The second-order valence-electron chi connectivity index (χ2n) is 9.23. The molecule has 1 spiro atoms. The molecule has 172 valence electrons. The lowest BCUT2D eigenvalue weighted by Gasteiger charge is -2.60. The van der Waals surface area contributed by atoms with Crippen molar-refractivity contribution in [3.63, 3.8) is 0 Å². The van der Waals surface area contributed by atoms with Crippen molar-refractivity contribution in [2.45, 2.75) is 6.92 Å². The highest BCUT2D eigenvalue weighted by molar-refractivity contribution is 5.95. The van der Waals surface area contributed by atoms with Crippen molar-refractivity contribution in [2.75, 3.05) is 43.9 Å². The van der Waals surface area contributed by atoms with Crippen molar-refractivity contribution in [1.29, 1.82) is 0 Å². The molecule has 2 aliphatic rings. The predicted octanol–water partition coefficient (Wildman–Crippen LogP) is 3.90. The lowest BCUT2D eigenvalue weighted by Crippen LogP contribution is -2.71. The van der Waals surface area contributed by atoms with E-state index in [9.17, 15) is 0 Å². The van der Waals surface area contributed by atoms with Crippen molar-refractivity contribution in [3.8, 4) is 22.4 Å². The van der Waals surface area contributed by atoms with E-state index in [0.717, 1.165) is 52.7 Å². The summed E-state index contributed by atoms with van der Waals surface area (Å²) in [5.41, 5.74) is 12.8. The minimum absolute atomic E-state index is 0.513. The fourth-order valence-corrected chi connectivity index (χ4v) is 5.17. The van der Waals surface area contributed by atoms with Crippen molar-refractivity contribution >= 4 is 28.7 Å². The molecular formula is C27H28N6O. The molecule has 6 rings (SSSR count). The molecule has 0 bridgehead atoms. The summed E-state index contributed by atoms with van der Waals surface area (Å²) in [7, 11) is 2.20. The van der Waals surface area contributed by atoms with Crippen LogP contribution in [0.25, 0.3) is 33.3 Å². The number of pyridine rings is 1. The molecule has 4 heterocycles. The first-order valence-electron chi connectivity index (χ1n) is 11.4. The average Bonchev–Trinajstić information content (AvgIpc) is 2.80. The van der Waals surface area contributed by atoms with Crippen molar-refractivity contribution < 1.29 is 4.79 Å². The van der Waals surface area contributed by atoms with Gasteiger partial charge >= 0.3 is 0 Å². The summed E-state index contributed by atoms with van der Waals surface area (Å²) in [5.74, 6) is 0.513. The molecule has 2 N–H and O–H groups in total. The van der Waals surface area contributed by atoms with Crippen LogP contribution in [-0.2, 0) is 4.79 Å². The highest BCUT2D eigenvalue weighted by Crippen LogP contribution is 2.41. The van der Waals surface area contributed by atoms with Gasteiger partial charge in [0.2, 0.25) is 0 Å². The summed E-state index contributed by atoms with van der Waals surface area (Å²) in [6.45, 7) is 6.21. The lowest BCUT2D eigenvalue weighted by atomic mass is 9.73. The normalized spacial score (nSPS) is 16.4. The van der Waals surface area contributed by atoms with Gasteiger partial charge in [-0.2, -0.15) is 0 Å². The van der Waals surface area contributed by atoms with Crippen LogP contribution in [-0.4, -0.2) is 59.4 Å². The molecule has 0 unspecified atom stereocenters. The van der Waals surface area contributed by atoms with E-state index in [1.165, 1.54) is 25.7 Å². The zero-order chi connectivity index (χ0) is 23.7.